The van der Waals surface area contributed by atoms with Crippen molar-refractivity contribution in [1.29, 1.82) is 0 Å². The number of aliphatic carboxylic acids is 1. The van der Waals surface area contributed by atoms with Gasteiger partial charge in [0.1, 0.15) is 5.82 Å². The Kier molecular flexibility index (Phi) is 10.8. The Morgan fingerprint density at radius 3 is 2.54 bits per heavy atom. The Balaban J connectivity index is 0.00000432. The summed E-state index contributed by atoms with van der Waals surface area (Å²) in [6.07, 6.45) is 4.59. The summed E-state index contributed by atoms with van der Waals surface area (Å²) >= 11 is 0. The van der Waals surface area contributed by atoms with Gasteiger partial charge in [-0.2, -0.15) is 0 Å². The quantitative estimate of drug-likeness (QED) is 0.355. The third-order valence-electron chi connectivity index (χ3n) is 7.47. The summed E-state index contributed by atoms with van der Waals surface area (Å²) in [5, 5.41) is 13.3. The van der Waals surface area contributed by atoms with E-state index in [-0.39, 0.29) is 36.5 Å². The number of benzene rings is 2. The van der Waals surface area contributed by atoms with Gasteiger partial charge >= 0.3 is 5.97 Å². The highest BCUT2D eigenvalue weighted by atomic mass is 35.5. The number of hydrogen-bond donors (Lipinski definition) is 2. The number of carboxylic acid groups (broad SMARTS) is 1. The zero-order chi connectivity index (χ0) is 24.7. The molecule has 2 atom stereocenters. The van der Waals surface area contributed by atoms with Crippen molar-refractivity contribution in [2.75, 3.05) is 27.3 Å². The van der Waals surface area contributed by atoms with Gasteiger partial charge in [-0.1, -0.05) is 26.0 Å². The van der Waals surface area contributed by atoms with E-state index in [1.807, 2.05) is 18.2 Å². The van der Waals surface area contributed by atoms with Crippen LogP contribution in [-0.4, -0.2) is 38.4 Å². The Morgan fingerprint density at radius 2 is 1.89 bits per heavy atom. The standard InChI is InChI=1S/C28H38FNO4.ClH/c1-19(2)28(18-27(31)32)22(9-8-21-17-23(29)10-11-24(21)28)13-15-30-14-5-6-20-7-12-25(33-3)26(16-20)34-4;/h7,10-12,16-17,19,22,30H,5-6,8-9,13-15,18H2,1-4H3,(H,31,32);1H. The highest BCUT2D eigenvalue weighted by Crippen LogP contribution is 2.50. The lowest BCUT2D eigenvalue weighted by atomic mass is 9.55. The Labute approximate surface area is 214 Å². The fourth-order valence-corrected chi connectivity index (χ4v) is 5.76. The van der Waals surface area contributed by atoms with Crippen LogP contribution in [0.3, 0.4) is 0 Å². The molecule has 0 aliphatic heterocycles. The molecule has 1 aliphatic rings. The number of methoxy groups -OCH3 is 2. The van der Waals surface area contributed by atoms with Gasteiger partial charge in [0.25, 0.3) is 0 Å². The van der Waals surface area contributed by atoms with Crippen LogP contribution in [0.25, 0.3) is 0 Å². The topological polar surface area (TPSA) is 67.8 Å². The summed E-state index contributed by atoms with van der Waals surface area (Å²) in [7, 11) is 3.28. The fraction of sp³-hybridized carbons (Fsp3) is 0.536. The number of carbonyl (C=O) groups is 1. The molecule has 2 aromatic rings. The predicted octanol–water partition coefficient (Wildman–Crippen LogP) is 5.81. The van der Waals surface area contributed by atoms with Crippen molar-refractivity contribution >= 4 is 18.4 Å². The monoisotopic (exact) mass is 507 g/mol. The molecule has 1 aliphatic carbocycles. The van der Waals surface area contributed by atoms with Gasteiger partial charge in [-0.15, -0.1) is 12.4 Å². The Morgan fingerprint density at radius 1 is 1.14 bits per heavy atom. The summed E-state index contributed by atoms with van der Waals surface area (Å²) in [5.74, 6) is 0.813. The molecule has 194 valence electrons. The van der Waals surface area contributed by atoms with Crippen molar-refractivity contribution in [3.8, 4) is 11.5 Å². The molecule has 0 bridgehead atoms. The second kappa shape index (κ2) is 13.1. The molecular formula is C28H39ClFNO4. The molecule has 0 saturated heterocycles. The summed E-state index contributed by atoms with van der Waals surface area (Å²) in [6.45, 7) is 5.92. The van der Waals surface area contributed by atoms with Crippen molar-refractivity contribution in [2.45, 2.75) is 57.8 Å². The molecule has 5 nitrogen and oxygen atoms in total. The Hall–Kier alpha value is -2.31. The molecule has 0 aromatic heterocycles. The van der Waals surface area contributed by atoms with Crippen LogP contribution in [0.5, 0.6) is 11.5 Å². The molecule has 0 saturated carbocycles. The molecule has 2 aromatic carbocycles. The van der Waals surface area contributed by atoms with Crippen LogP contribution < -0.4 is 14.8 Å². The third-order valence-corrected chi connectivity index (χ3v) is 7.47. The zero-order valence-corrected chi connectivity index (χ0v) is 22.1. The first-order valence-electron chi connectivity index (χ1n) is 12.2. The first kappa shape index (κ1) is 28.9. The molecule has 0 fully saturated rings. The number of fused-ring (bicyclic) bond motifs is 1. The van der Waals surface area contributed by atoms with Crippen LogP contribution in [0, 0.1) is 17.7 Å². The van der Waals surface area contributed by atoms with Crippen LogP contribution >= 0.6 is 12.4 Å². The number of ether oxygens (including phenoxy) is 2. The van der Waals surface area contributed by atoms with Crippen LogP contribution in [0.2, 0.25) is 0 Å². The minimum Gasteiger partial charge on any atom is -0.493 e. The highest BCUT2D eigenvalue weighted by Gasteiger charge is 2.47. The van der Waals surface area contributed by atoms with E-state index in [2.05, 4.69) is 25.2 Å². The summed E-state index contributed by atoms with van der Waals surface area (Å²) < 4.78 is 24.6. The van der Waals surface area contributed by atoms with Crippen molar-refractivity contribution in [3.63, 3.8) is 0 Å². The smallest absolute Gasteiger partial charge is 0.304 e. The number of aryl methyl sites for hydroxylation is 2. The number of rotatable bonds is 12. The zero-order valence-electron chi connectivity index (χ0n) is 21.2. The van der Waals surface area contributed by atoms with Crippen molar-refractivity contribution < 1.29 is 23.8 Å². The first-order chi connectivity index (χ1) is 16.3. The molecule has 0 spiro atoms. The van der Waals surface area contributed by atoms with E-state index in [0.717, 1.165) is 67.8 Å². The molecule has 35 heavy (non-hydrogen) atoms. The maximum atomic E-state index is 13.9. The molecule has 7 heteroatoms. The van der Waals surface area contributed by atoms with Crippen LogP contribution in [-0.2, 0) is 23.1 Å². The third kappa shape index (κ3) is 6.68. The average molecular weight is 508 g/mol. The average Bonchev–Trinajstić information content (AvgIpc) is 2.81. The normalized spacial score (nSPS) is 19.1. The molecule has 0 amide bonds. The Bertz CT molecular complexity index is 983. The summed E-state index contributed by atoms with van der Waals surface area (Å²) in [4.78, 5) is 11.9. The first-order valence-corrected chi connectivity index (χ1v) is 12.2. The molecule has 2 N–H and O–H groups in total. The predicted molar refractivity (Wildman–Crippen MR) is 140 cm³/mol. The second-order valence-corrected chi connectivity index (χ2v) is 9.63. The van der Waals surface area contributed by atoms with E-state index in [9.17, 15) is 14.3 Å². The van der Waals surface area contributed by atoms with Crippen molar-refractivity contribution in [1.82, 2.24) is 5.32 Å². The van der Waals surface area contributed by atoms with Crippen molar-refractivity contribution in [2.24, 2.45) is 11.8 Å². The lowest BCUT2D eigenvalue weighted by Crippen LogP contribution is -2.46. The van der Waals surface area contributed by atoms with Crippen LogP contribution in [0.1, 0.15) is 56.2 Å². The lowest BCUT2D eigenvalue weighted by molar-refractivity contribution is -0.140. The van der Waals surface area contributed by atoms with Crippen molar-refractivity contribution in [3.05, 3.63) is 58.9 Å². The maximum absolute atomic E-state index is 13.9. The fourth-order valence-electron chi connectivity index (χ4n) is 5.76. The minimum absolute atomic E-state index is 0. The number of nitrogens with one attached hydrogen (secondary N) is 1. The van der Waals surface area contributed by atoms with Gasteiger partial charge in [-0.3, -0.25) is 4.79 Å². The molecule has 3 rings (SSSR count). The number of hydrogen-bond acceptors (Lipinski definition) is 4. The van der Waals surface area contributed by atoms with Gasteiger partial charge in [-0.25, -0.2) is 4.39 Å². The highest BCUT2D eigenvalue weighted by molar-refractivity contribution is 5.85. The maximum Gasteiger partial charge on any atom is 0.304 e. The molecule has 0 heterocycles. The van der Waals surface area contributed by atoms with Gasteiger partial charge in [0.2, 0.25) is 0 Å². The van der Waals surface area contributed by atoms with Gasteiger partial charge < -0.3 is 19.9 Å². The summed E-state index contributed by atoms with van der Waals surface area (Å²) in [6, 6.07) is 10.9. The van der Waals surface area contributed by atoms with Gasteiger partial charge in [0, 0.05) is 5.41 Å². The van der Waals surface area contributed by atoms with Crippen LogP contribution in [0.4, 0.5) is 4.39 Å². The largest absolute Gasteiger partial charge is 0.493 e. The van der Waals surface area contributed by atoms with Gasteiger partial charge in [-0.05, 0) is 98.0 Å². The van der Waals surface area contributed by atoms with E-state index in [4.69, 9.17) is 9.47 Å². The molecular weight excluding hydrogens is 469 g/mol. The van der Waals surface area contributed by atoms with E-state index in [1.54, 1.807) is 20.3 Å². The van der Waals surface area contributed by atoms with E-state index < -0.39 is 11.4 Å². The summed E-state index contributed by atoms with van der Waals surface area (Å²) in [5.41, 5.74) is 2.72. The molecule has 0 radical (unpaired) electrons. The van der Waals surface area contributed by atoms with E-state index >= 15 is 0 Å². The molecule has 2 unspecified atom stereocenters. The lowest BCUT2D eigenvalue weighted by Gasteiger charge is -2.48. The second-order valence-electron chi connectivity index (χ2n) is 9.63. The van der Waals surface area contributed by atoms with Gasteiger partial charge in [0.15, 0.2) is 11.5 Å². The van der Waals surface area contributed by atoms with Gasteiger partial charge in [0.05, 0.1) is 20.6 Å². The number of halogens is 2. The minimum atomic E-state index is -0.793. The van der Waals surface area contributed by atoms with E-state index in [0.29, 0.717) is 0 Å². The van der Waals surface area contributed by atoms with E-state index in [1.165, 1.54) is 11.6 Å². The van der Waals surface area contributed by atoms with Crippen LogP contribution in [0.15, 0.2) is 36.4 Å². The SMILES string of the molecule is COc1ccc(CCCNCCC2CCc3cc(F)ccc3C2(CC(=O)O)C(C)C)cc1OC.Cl. The number of carboxylic acids is 1.